The molecule has 0 unspecified atom stereocenters. The topological polar surface area (TPSA) is 64.7 Å². The number of hydrogen-bond donors (Lipinski definition) is 1. The van der Waals surface area contributed by atoms with Crippen LogP contribution in [0.3, 0.4) is 0 Å². The molecule has 0 saturated heterocycles. The summed E-state index contributed by atoms with van der Waals surface area (Å²) in [6.45, 7) is 0. The molecule has 0 saturated carbocycles. The Morgan fingerprint density at radius 3 is 2.45 bits per heavy atom. The molecule has 7 heteroatoms. The van der Waals surface area contributed by atoms with Crippen molar-refractivity contribution in [1.82, 2.24) is 15.0 Å². The Kier molecular flexibility index (Phi) is 3.19. The molecule has 4 nitrogen and oxygen atoms in total. The molecule has 0 spiro atoms. The summed E-state index contributed by atoms with van der Waals surface area (Å²) in [5, 5.41) is 0.431. The molecule has 2 N–H and O–H groups in total. The maximum Gasteiger partial charge on any atom is 0.179 e. The first kappa shape index (κ1) is 12.7. The van der Waals surface area contributed by atoms with Crippen LogP contribution in [0.1, 0.15) is 0 Å². The molecule has 2 aromatic heterocycles. The van der Waals surface area contributed by atoms with E-state index in [1.54, 1.807) is 18.3 Å². The van der Waals surface area contributed by atoms with Crippen molar-refractivity contribution in [2.24, 2.45) is 0 Å². The lowest BCUT2D eigenvalue weighted by molar-refractivity contribution is 0.541. The highest BCUT2D eigenvalue weighted by atomic mass is 32.2. The molecule has 0 amide bonds. The molecular weight excluding hydrogens is 282 g/mol. The second-order valence-corrected chi connectivity index (χ2v) is 4.99. The van der Waals surface area contributed by atoms with Crippen molar-refractivity contribution in [2.45, 2.75) is 9.92 Å². The van der Waals surface area contributed by atoms with Crippen LogP contribution in [0, 0.1) is 11.6 Å². The highest BCUT2D eigenvalue weighted by molar-refractivity contribution is 7.99. The van der Waals surface area contributed by atoms with Crippen molar-refractivity contribution >= 4 is 28.6 Å². The lowest BCUT2D eigenvalue weighted by atomic mass is 10.3. The summed E-state index contributed by atoms with van der Waals surface area (Å²) in [6, 6.07) is 5.49. The molecule has 3 aromatic rings. The summed E-state index contributed by atoms with van der Waals surface area (Å²) in [7, 11) is 0. The molecule has 0 aliphatic rings. The molecular formula is C13H8F2N4S. The molecule has 3 rings (SSSR count). The average Bonchev–Trinajstić information content (AvgIpc) is 2.42. The minimum Gasteiger partial charge on any atom is -0.399 e. The number of hydrogen-bond acceptors (Lipinski definition) is 5. The van der Waals surface area contributed by atoms with Gasteiger partial charge in [-0.25, -0.2) is 18.7 Å². The first-order valence-electron chi connectivity index (χ1n) is 5.63. The smallest absolute Gasteiger partial charge is 0.179 e. The highest BCUT2D eigenvalue weighted by Gasteiger charge is 2.13. The molecule has 1 aromatic carbocycles. The fraction of sp³-hybridized carbons (Fsp3) is 0. The fourth-order valence-corrected chi connectivity index (χ4v) is 2.47. The standard InChI is InChI=1S/C13H8F2N4S/c14-8-5-7(16)6-9(15)12(8)20-11-2-1-10-13(19-11)18-4-3-17-10/h1-6H,16H2. The third kappa shape index (κ3) is 2.39. The predicted molar refractivity (Wildman–Crippen MR) is 72.2 cm³/mol. The van der Waals surface area contributed by atoms with Gasteiger partial charge >= 0.3 is 0 Å². The van der Waals surface area contributed by atoms with Crippen molar-refractivity contribution in [3.8, 4) is 0 Å². The lowest BCUT2D eigenvalue weighted by Gasteiger charge is -2.05. The van der Waals surface area contributed by atoms with E-state index in [2.05, 4.69) is 15.0 Å². The summed E-state index contributed by atoms with van der Waals surface area (Å²) in [5.74, 6) is -1.43. The Morgan fingerprint density at radius 2 is 1.70 bits per heavy atom. The number of nitrogens with two attached hydrogens (primary N) is 1. The van der Waals surface area contributed by atoms with Crippen LogP contribution in [0.25, 0.3) is 11.2 Å². The second-order valence-electron chi connectivity index (χ2n) is 3.96. The molecule has 2 heterocycles. The number of anilines is 1. The van der Waals surface area contributed by atoms with E-state index in [1.807, 2.05) is 0 Å². The van der Waals surface area contributed by atoms with Crippen LogP contribution in [0.4, 0.5) is 14.5 Å². The van der Waals surface area contributed by atoms with Gasteiger partial charge in [-0.3, -0.25) is 4.98 Å². The summed E-state index contributed by atoms with van der Waals surface area (Å²) in [4.78, 5) is 12.2. The molecule has 0 atom stereocenters. The van der Waals surface area contributed by atoms with Crippen LogP contribution < -0.4 is 5.73 Å². The van der Waals surface area contributed by atoms with Crippen LogP contribution in [0.2, 0.25) is 0 Å². The van der Waals surface area contributed by atoms with E-state index in [1.165, 1.54) is 6.20 Å². The van der Waals surface area contributed by atoms with Gasteiger partial charge in [-0.05, 0) is 24.3 Å². The number of pyridine rings is 1. The van der Waals surface area contributed by atoms with E-state index in [4.69, 9.17) is 5.73 Å². The van der Waals surface area contributed by atoms with Crippen molar-refractivity contribution in [2.75, 3.05) is 5.73 Å². The summed E-state index contributed by atoms with van der Waals surface area (Å²) in [6.07, 6.45) is 3.06. The number of fused-ring (bicyclic) bond motifs is 1. The van der Waals surface area contributed by atoms with Crippen LogP contribution >= 0.6 is 11.8 Å². The molecule has 20 heavy (non-hydrogen) atoms. The Balaban J connectivity index is 2.01. The van der Waals surface area contributed by atoms with Gasteiger partial charge in [0.25, 0.3) is 0 Å². The van der Waals surface area contributed by atoms with E-state index in [0.29, 0.717) is 16.2 Å². The first-order chi connectivity index (χ1) is 9.63. The van der Waals surface area contributed by atoms with Crippen LogP contribution in [-0.4, -0.2) is 15.0 Å². The van der Waals surface area contributed by atoms with E-state index in [9.17, 15) is 8.78 Å². The quantitative estimate of drug-likeness (QED) is 0.735. The zero-order valence-electron chi connectivity index (χ0n) is 10.0. The zero-order chi connectivity index (χ0) is 14.1. The Morgan fingerprint density at radius 1 is 1.00 bits per heavy atom. The number of nitrogens with zero attached hydrogens (tertiary/aromatic N) is 3. The SMILES string of the molecule is Nc1cc(F)c(Sc2ccc3nccnc3n2)c(F)c1. The van der Waals surface area contributed by atoms with Crippen molar-refractivity contribution in [1.29, 1.82) is 0 Å². The third-order valence-electron chi connectivity index (χ3n) is 2.53. The number of aromatic nitrogens is 3. The minimum atomic E-state index is -0.714. The summed E-state index contributed by atoms with van der Waals surface area (Å²) >= 11 is 0.880. The van der Waals surface area contributed by atoms with Crippen LogP contribution in [0.5, 0.6) is 0 Å². The average molecular weight is 290 g/mol. The number of benzene rings is 1. The van der Waals surface area contributed by atoms with Crippen LogP contribution in [-0.2, 0) is 0 Å². The van der Waals surface area contributed by atoms with Crippen molar-refractivity contribution in [3.05, 3.63) is 48.3 Å². The monoisotopic (exact) mass is 290 g/mol. The fourth-order valence-electron chi connectivity index (χ4n) is 1.68. The lowest BCUT2D eigenvalue weighted by Crippen LogP contribution is -1.94. The van der Waals surface area contributed by atoms with Gasteiger partial charge in [-0.15, -0.1) is 0 Å². The molecule has 0 radical (unpaired) electrons. The van der Waals surface area contributed by atoms with Gasteiger partial charge in [-0.1, -0.05) is 11.8 Å². The Hall–Kier alpha value is -2.28. The minimum absolute atomic E-state index is 0.0432. The molecule has 0 bridgehead atoms. The Bertz CT molecular complexity index is 771. The van der Waals surface area contributed by atoms with Gasteiger partial charge in [0.1, 0.15) is 22.2 Å². The van der Waals surface area contributed by atoms with Gasteiger partial charge in [0, 0.05) is 18.1 Å². The molecule has 0 aliphatic carbocycles. The van der Waals surface area contributed by atoms with E-state index in [0.717, 1.165) is 23.9 Å². The molecule has 100 valence electrons. The van der Waals surface area contributed by atoms with E-state index in [-0.39, 0.29) is 10.6 Å². The summed E-state index contributed by atoms with van der Waals surface area (Å²) < 4.78 is 27.4. The first-order valence-corrected chi connectivity index (χ1v) is 6.45. The van der Waals surface area contributed by atoms with Gasteiger partial charge in [0.2, 0.25) is 0 Å². The zero-order valence-corrected chi connectivity index (χ0v) is 10.9. The van der Waals surface area contributed by atoms with Gasteiger partial charge in [0.05, 0.1) is 4.90 Å². The molecule has 0 fully saturated rings. The summed E-state index contributed by atoms with van der Waals surface area (Å²) in [5.41, 5.74) is 6.46. The third-order valence-corrected chi connectivity index (χ3v) is 3.56. The van der Waals surface area contributed by atoms with Gasteiger partial charge in [0.15, 0.2) is 5.65 Å². The molecule has 0 aliphatic heterocycles. The number of rotatable bonds is 2. The van der Waals surface area contributed by atoms with E-state index >= 15 is 0 Å². The number of nitrogen functional groups attached to an aromatic ring is 1. The van der Waals surface area contributed by atoms with Gasteiger partial charge in [-0.2, -0.15) is 0 Å². The van der Waals surface area contributed by atoms with E-state index < -0.39 is 11.6 Å². The maximum absolute atomic E-state index is 13.7. The van der Waals surface area contributed by atoms with Crippen molar-refractivity contribution < 1.29 is 8.78 Å². The largest absolute Gasteiger partial charge is 0.399 e. The van der Waals surface area contributed by atoms with Crippen LogP contribution in [0.15, 0.2) is 46.6 Å². The second kappa shape index (κ2) is 5.01. The number of halogens is 2. The Labute approximate surface area is 117 Å². The normalized spacial score (nSPS) is 10.9. The van der Waals surface area contributed by atoms with Crippen molar-refractivity contribution in [3.63, 3.8) is 0 Å². The maximum atomic E-state index is 13.7. The highest BCUT2D eigenvalue weighted by Crippen LogP contribution is 2.32. The predicted octanol–water partition coefficient (Wildman–Crippen LogP) is 3.04. The van der Waals surface area contributed by atoms with Gasteiger partial charge < -0.3 is 5.73 Å².